The van der Waals surface area contributed by atoms with E-state index in [1.807, 2.05) is 28.0 Å². The van der Waals surface area contributed by atoms with Crippen molar-refractivity contribution in [1.82, 2.24) is 14.7 Å². The number of piperazine rings is 1. The van der Waals surface area contributed by atoms with Crippen molar-refractivity contribution >= 4 is 11.8 Å². The van der Waals surface area contributed by atoms with Crippen LogP contribution >= 0.6 is 0 Å². The van der Waals surface area contributed by atoms with Crippen molar-refractivity contribution in [3.05, 3.63) is 71.3 Å². The highest BCUT2D eigenvalue weighted by Gasteiger charge is 2.37. The van der Waals surface area contributed by atoms with Crippen molar-refractivity contribution in [1.29, 1.82) is 0 Å². The molecule has 2 aromatic carbocycles. The third kappa shape index (κ3) is 5.16. The molecule has 31 heavy (non-hydrogen) atoms. The molecule has 1 fully saturated rings. The topological polar surface area (TPSA) is 43.9 Å². The van der Waals surface area contributed by atoms with Crippen LogP contribution in [-0.2, 0) is 29.1 Å². The van der Waals surface area contributed by atoms with Gasteiger partial charge < -0.3 is 9.80 Å². The summed E-state index contributed by atoms with van der Waals surface area (Å²) in [7, 11) is 0. The van der Waals surface area contributed by atoms with Crippen LogP contribution < -0.4 is 0 Å². The Kier molecular flexibility index (Phi) is 6.71. The van der Waals surface area contributed by atoms with Crippen LogP contribution in [0.5, 0.6) is 0 Å². The van der Waals surface area contributed by atoms with E-state index in [0.29, 0.717) is 19.4 Å². The minimum Gasteiger partial charge on any atom is -0.338 e. The van der Waals surface area contributed by atoms with Gasteiger partial charge in [0.1, 0.15) is 6.04 Å². The Bertz CT molecular complexity index is 904. The van der Waals surface area contributed by atoms with E-state index in [1.54, 1.807) is 0 Å². The minimum absolute atomic E-state index is 0.0885. The van der Waals surface area contributed by atoms with Crippen molar-refractivity contribution in [3.63, 3.8) is 0 Å². The third-order valence-electron chi connectivity index (χ3n) is 6.37. The van der Waals surface area contributed by atoms with Crippen molar-refractivity contribution in [2.24, 2.45) is 5.92 Å². The molecule has 0 aromatic heterocycles. The van der Waals surface area contributed by atoms with Gasteiger partial charge in [-0.25, -0.2) is 0 Å². The Balaban J connectivity index is 1.43. The molecule has 164 valence electrons. The van der Waals surface area contributed by atoms with Crippen molar-refractivity contribution in [3.8, 4) is 0 Å². The fourth-order valence-electron chi connectivity index (χ4n) is 4.65. The monoisotopic (exact) mass is 419 g/mol. The molecule has 0 saturated carbocycles. The average molecular weight is 420 g/mol. The molecule has 0 spiro atoms. The van der Waals surface area contributed by atoms with Crippen LogP contribution in [0, 0.1) is 5.92 Å². The molecule has 4 rings (SSSR count). The summed E-state index contributed by atoms with van der Waals surface area (Å²) in [6.07, 6.45) is 1.10. The quantitative estimate of drug-likeness (QED) is 0.747. The van der Waals surface area contributed by atoms with Gasteiger partial charge in [-0.05, 0) is 22.6 Å². The maximum atomic E-state index is 13.5. The highest BCUT2D eigenvalue weighted by Crippen LogP contribution is 2.26. The van der Waals surface area contributed by atoms with Crippen molar-refractivity contribution in [2.45, 2.75) is 45.8 Å². The lowest BCUT2D eigenvalue weighted by atomic mass is 9.92. The van der Waals surface area contributed by atoms with Gasteiger partial charge in [0.15, 0.2) is 0 Å². The zero-order valence-electron chi connectivity index (χ0n) is 18.7. The minimum atomic E-state index is -0.387. The van der Waals surface area contributed by atoms with E-state index in [0.717, 1.165) is 38.3 Å². The van der Waals surface area contributed by atoms with Crippen LogP contribution in [0.2, 0.25) is 0 Å². The Hall–Kier alpha value is -2.66. The van der Waals surface area contributed by atoms with Gasteiger partial charge in [0.2, 0.25) is 11.8 Å². The van der Waals surface area contributed by atoms with Gasteiger partial charge in [0, 0.05) is 52.1 Å². The molecule has 5 nitrogen and oxygen atoms in total. The molecule has 5 heteroatoms. The highest BCUT2D eigenvalue weighted by atomic mass is 16.2. The number of fused-ring (bicyclic) bond motifs is 1. The van der Waals surface area contributed by atoms with Crippen LogP contribution in [0.3, 0.4) is 0 Å². The second kappa shape index (κ2) is 9.65. The third-order valence-corrected chi connectivity index (χ3v) is 6.37. The zero-order chi connectivity index (χ0) is 21.8. The fraction of sp³-hybridized carbons (Fsp3) is 0.462. The van der Waals surface area contributed by atoms with Gasteiger partial charge >= 0.3 is 0 Å². The summed E-state index contributed by atoms with van der Waals surface area (Å²) < 4.78 is 0. The fourth-order valence-corrected chi connectivity index (χ4v) is 4.65. The first-order valence-corrected chi connectivity index (χ1v) is 11.4. The summed E-state index contributed by atoms with van der Waals surface area (Å²) in [6.45, 7) is 8.72. The van der Waals surface area contributed by atoms with Gasteiger partial charge in [0.05, 0.1) is 0 Å². The lowest BCUT2D eigenvalue weighted by Gasteiger charge is -2.41. The van der Waals surface area contributed by atoms with E-state index in [1.165, 1.54) is 11.1 Å². The molecule has 0 N–H and O–H groups in total. The Morgan fingerprint density at radius 2 is 1.55 bits per heavy atom. The number of hydrogen-bond donors (Lipinski definition) is 0. The number of carbonyl (C=O) groups is 2. The van der Waals surface area contributed by atoms with E-state index in [-0.39, 0.29) is 23.8 Å². The number of amides is 2. The number of benzene rings is 2. The van der Waals surface area contributed by atoms with E-state index >= 15 is 0 Å². The highest BCUT2D eigenvalue weighted by molar-refractivity contribution is 5.88. The lowest BCUT2D eigenvalue weighted by molar-refractivity contribution is -0.148. The van der Waals surface area contributed by atoms with E-state index < -0.39 is 0 Å². The molecule has 1 atom stereocenters. The number of hydrogen-bond acceptors (Lipinski definition) is 3. The first-order valence-electron chi connectivity index (χ1n) is 11.4. The average Bonchev–Trinajstić information content (AvgIpc) is 2.78. The Labute approximate surface area is 185 Å². The summed E-state index contributed by atoms with van der Waals surface area (Å²) in [4.78, 5) is 32.8. The van der Waals surface area contributed by atoms with Crippen molar-refractivity contribution in [2.75, 3.05) is 26.2 Å². The maximum absolute atomic E-state index is 13.5. The maximum Gasteiger partial charge on any atom is 0.245 e. The molecule has 0 aliphatic carbocycles. The van der Waals surface area contributed by atoms with Gasteiger partial charge in [-0.1, -0.05) is 68.4 Å². The molecular weight excluding hydrogens is 386 g/mol. The molecule has 1 saturated heterocycles. The standard InChI is InChI=1S/C26H33N3O2/c1-20(2)16-25(30)29-19-23-11-7-6-10-22(23)17-24(29)26(31)28-14-12-27(13-15-28)18-21-8-4-3-5-9-21/h3-11,20,24H,12-19H2,1-2H3. The van der Waals surface area contributed by atoms with Gasteiger partial charge in [0.25, 0.3) is 0 Å². The van der Waals surface area contributed by atoms with Crippen LogP contribution in [0.25, 0.3) is 0 Å². The molecule has 1 unspecified atom stereocenters. The smallest absolute Gasteiger partial charge is 0.245 e. The molecule has 0 bridgehead atoms. The normalized spacial score (nSPS) is 19.4. The molecule has 2 heterocycles. The van der Waals surface area contributed by atoms with E-state index in [4.69, 9.17) is 0 Å². The van der Waals surface area contributed by atoms with Crippen LogP contribution in [0.15, 0.2) is 54.6 Å². The molecule has 2 aliphatic rings. The van der Waals surface area contributed by atoms with Crippen LogP contribution in [-0.4, -0.2) is 58.7 Å². The second-order valence-corrected chi connectivity index (χ2v) is 9.20. The zero-order valence-corrected chi connectivity index (χ0v) is 18.7. The summed E-state index contributed by atoms with van der Waals surface area (Å²) in [5.74, 6) is 0.471. The Morgan fingerprint density at radius 3 is 2.23 bits per heavy atom. The predicted molar refractivity (Wildman–Crippen MR) is 122 cm³/mol. The van der Waals surface area contributed by atoms with Crippen LogP contribution in [0.4, 0.5) is 0 Å². The number of carbonyl (C=O) groups excluding carboxylic acids is 2. The van der Waals surface area contributed by atoms with Gasteiger partial charge in [-0.3, -0.25) is 14.5 Å². The molecule has 2 aliphatic heterocycles. The van der Waals surface area contributed by atoms with Gasteiger partial charge in [-0.15, -0.1) is 0 Å². The summed E-state index contributed by atoms with van der Waals surface area (Å²) in [6, 6.07) is 18.3. The molecule has 0 radical (unpaired) electrons. The summed E-state index contributed by atoms with van der Waals surface area (Å²) >= 11 is 0. The Morgan fingerprint density at radius 1 is 0.903 bits per heavy atom. The number of rotatable bonds is 5. The van der Waals surface area contributed by atoms with Crippen molar-refractivity contribution < 1.29 is 9.59 Å². The summed E-state index contributed by atoms with van der Waals surface area (Å²) in [5.41, 5.74) is 3.66. The molecular formula is C26H33N3O2. The largest absolute Gasteiger partial charge is 0.338 e. The first-order chi connectivity index (χ1) is 15.0. The summed E-state index contributed by atoms with van der Waals surface area (Å²) in [5, 5.41) is 0. The molecule has 2 amide bonds. The van der Waals surface area contributed by atoms with Crippen LogP contribution in [0.1, 0.15) is 37.0 Å². The second-order valence-electron chi connectivity index (χ2n) is 9.20. The van der Waals surface area contributed by atoms with Gasteiger partial charge in [-0.2, -0.15) is 0 Å². The lowest BCUT2D eigenvalue weighted by Crippen LogP contribution is -2.57. The van der Waals surface area contributed by atoms with E-state index in [9.17, 15) is 9.59 Å². The van der Waals surface area contributed by atoms with E-state index in [2.05, 4.69) is 55.1 Å². The number of nitrogens with zero attached hydrogens (tertiary/aromatic N) is 3. The SMILES string of the molecule is CC(C)CC(=O)N1Cc2ccccc2CC1C(=O)N1CCN(Cc2ccccc2)CC1. The predicted octanol–water partition coefficient (Wildman–Crippen LogP) is 3.33. The first kappa shape index (κ1) is 21.6. The molecule has 2 aromatic rings.